The summed E-state index contributed by atoms with van der Waals surface area (Å²) in [5.41, 5.74) is 0. The molecule has 0 unspecified atom stereocenters. The fourth-order valence-electron chi connectivity index (χ4n) is 4.38. The zero-order valence-electron chi connectivity index (χ0n) is 15.5. The Morgan fingerprint density at radius 2 is 2.12 bits per heavy atom. The molecule has 2 aliphatic rings. The molecule has 6 heteroatoms. The van der Waals surface area contributed by atoms with Crippen LogP contribution in [0.15, 0.2) is 35.2 Å². The molecule has 1 amide bonds. The number of nitrogens with zero attached hydrogens (tertiary/aromatic N) is 4. The van der Waals surface area contributed by atoms with Gasteiger partial charge in [-0.15, -0.1) is 0 Å². The number of piperidine rings is 2. The zero-order chi connectivity index (χ0) is 17.9. The molecule has 0 bridgehead atoms. The van der Waals surface area contributed by atoms with Crippen LogP contribution in [0.1, 0.15) is 43.2 Å². The van der Waals surface area contributed by atoms with Crippen molar-refractivity contribution < 1.29 is 9.21 Å². The van der Waals surface area contributed by atoms with E-state index < -0.39 is 0 Å². The van der Waals surface area contributed by atoms with Crippen LogP contribution in [-0.2, 0) is 18.4 Å². The van der Waals surface area contributed by atoms with Gasteiger partial charge in [-0.3, -0.25) is 9.69 Å². The first-order chi connectivity index (χ1) is 12.7. The lowest BCUT2D eigenvalue weighted by atomic mass is 9.92. The van der Waals surface area contributed by atoms with Crippen molar-refractivity contribution in [3.63, 3.8) is 0 Å². The van der Waals surface area contributed by atoms with E-state index in [1.165, 1.54) is 0 Å². The summed E-state index contributed by atoms with van der Waals surface area (Å²) in [7, 11) is 2.04. The molecule has 0 aromatic carbocycles. The zero-order valence-corrected chi connectivity index (χ0v) is 15.5. The smallest absolute Gasteiger partial charge is 0.225 e. The van der Waals surface area contributed by atoms with Gasteiger partial charge in [0.1, 0.15) is 11.6 Å². The number of hydrogen-bond acceptors (Lipinski definition) is 4. The van der Waals surface area contributed by atoms with E-state index in [0.717, 1.165) is 70.0 Å². The third-order valence-corrected chi connectivity index (χ3v) is 5.85. The summed E-state index contributed by atoms with van der Waals surface area (Å²) in [6.45, 7) is 4.49. The average molecular weight is 356 g/mol. The van der Waals surface area contributed by atoms with Gasteiger partial charge in [-0.2, -0.15) is 0 Å². The lowest BCUT2D eigenvalue weighted by Crippen LogP contribution is -2.46. The lowest BCUT2D eigenvalue weighted by Gasteiger charge is -2.37. The van der Waals surface area contributed by atoms with E-state index in [4.69, 9.17) is 4.42 Å². The Hall–Kier alpha value is -2.08. The highest BCUT2D eigenvalue weighted by Crippen LogP contribution is 2.28. The highest BCUT2D eigenvalue weighted by molar-refractivity contribution is 5.79. The topological polar surface area (TPSA) is 54.5 Å². The Balaban J connectivity index is 1.31. The third kappa shape index (κ3) is 3.70. The predicted molar refractivity (Wildman–Crippen MR) is 98.5 cm³/mol. The quantitative estimate of drug-likeness (QED) is 0.845. The molecule has 2 aromatic heterocycles. The van der Waals surface area contributed by atoms with Crippen LogP contribution < -0.4 is 0 Å². The monoisotopic (exact) mass is 356 g/mol. The van der Waals surface area contributed by atoms with Crippen molar-refractivity contribution in [1.29, 1.82) is 0 Å². The Morgan fingerprint density at radius 3 is 2.81 bits per heavy atom. The Labute approximate surface area is 154 Å². The SMILES string of the molecule is Cn1ccnc1[C@@H]1CCCN(C(=O)C2CCN(Cc3ccco3)CC2)C1. The van der Waals surface area contributed by atoms with Gasteiger partial charge in [-0.05, 0) is 50.9 Å². The van der Waals surface area contributed by atoms with Crippen LogP contribution in [0.25, 0.3) is 0 Å². The second-order valence-electron chi connectivity index (χ2n) is 7.65. The van der Waals surface area contributed by atoms with Gasteiger partial charge in [-0.1, -0.05) is 0 Å². The van der Waals surface area contributed by atoms with Crippen molar-refractivity contribution in [1.82, 2.24) is 19.4 Å². The maximum atomic E-state index is 13.0. The van der Waals surface area contributed by atoms with Crippen LogP contribution >= 0.6 is 0 Å². The predicted octanol–water partition coefficient (Wildman–Crippen LogP) is 2.63. The fraction of sp³-hybridized carbons (Fsp3) is 0.600. The minimum Gasteiger partial charge on any atom is -0.468 e. The number of carbonyl (C=O) groups is 1. The maximum absolute atomic E-state index is 13.0. The molecule has 1 atom stereocenters. The summed E-state index contributed by atoms with van der Waals surface area (Å²) in [4.78, 5) is 22.0. The average Bonchev–Trinajstić information content (AvgIpc) is 3.33. The van der Waals surface area contributed by atoms with Crippen molar-refractivity contribution in [3.05, 3.63) is 42.4 Å². The number of amides is 1. The van der Waals surface area contributed by atoms with Gasteiger partial charge in [0.2, 0.25) is 5.91 Å². The molecule has 2 fully saturated rings. The van der Waals surface area contributed by atoms with Gasteiger partial charge in [0, 0.05) is 44.4 Å². The Kier molecular flexibility index (Phi) is 5.11. The summed E-state index contributed by atoms with van der Waals surface area (Å²) in [5, 5.41) is 0. The van der Waals surface area contributed by atoms with E-state index in [1.54, 1.807) is 6.26 Å². The highest BCUT2D eigenvalue weighted by Gasteiger charge is 2.32. The lowest BCUT2D eigenvalue weighted by molar-refractivity contribution is -0.138. The largest absolute Gasteiger partial charge is 0.468 e. The van der Waals surface area contributed by atoms with Crippen molar-refractivity contribution >= 4 is 5.91 Å². The molecule has 140 valence electrons. The molecular formula is C20H28N4O2. The van der Waals surface area contributed by atoms with Crippen LogP contribution in [0.4, 0.5) is 0 Å². The van der Waals surface area contributed by atoms with Crippen LogP contribution in [0.2, 0.25) is 0 Å². The first-order valence-corrected chi connectivity index (χ1v) is 9.71. The number of aryl methyl sites for hydroxylation is 1. The molecule has 0 aliphatic carbocycles. The number of imidazole rings is 1. The number of rotatable bonds is 4. The van der Waals surface area contributed by atoms with Crippen LogP contribution in [0.5, 0.6) is 0 Å². The third-order valence-electron chi connectivity index (χ3n) is 5.85. The van der Waals surface area contributed by atoms with Gasteiger partial charge in [0.15, 0.2) is 0 Å². The van der Waals surface area contributed by atoms with Crippen LogP contribution in [0, 0.1) is 5.92 Å². The van der Waals surface area contributed by atoms with E-state index in [-0.39, 0.29) is 5.92 Å². The standard InChI is InChI=1S/C20H28N4O2/c1-22-12-8-21-19(22)17-4-2-9-24(14-17)20(25)16-6-10-23(11-7-16)15-18-5-3-13-26-18/h3,5,8,12-13,16-17H,2,4,6-7,9-11,14-15H2,1H3/t17-/m1/s1. The van der Waals surface area contributed by atoms with Gasteiger partial charge < -0.3 is 13.9 Å². The first kappa shape index (κ1) is 17.3. The molecule has 2 aromatic rings. The van der Waals surface area contributed by atoms with Crippen molar-refractivity contribution in [2.45, 2.75) is 38.1 Å². The summed E-state index contributed by atoms with van der Waals surface area (Å²) in [6, 6.07) is 3.95. The van der Waals surface area contributed by atoms with Crippen LogP contribution in [-0.4, -0.2) is 51.4 Å². The minimum atomic E-state index is 0.169. The summed E-state index contributed by atoms with van der Waals surface area (Å²) in [5.74, 6) is 3.00. The van der Waals surface area contributed by atoms with E-state index in [1.807, 2.05) is 31.6 Å². The summed E-state index contributed by atoms with van der Waals surface area (Å²) in [6.07, 6.45) is 9.65. The molecule has 0 saturated carbocycles. The summed E-state index contributed by atoms with van der Waals surface area (Å²) >= 11 is 0. The van der Waals surface area contributed by atoms with Gasteiger partial charge in [-0.25, -0.2) is 4.98 Å². The minimum absolute atomic E-state index is 0.169. The normalized spacial score (nSPS) is 22.7. The van der Waals surface area contributed by atoms with Crippen LogP contribution in [0.3, 0.4) is 0 Å². The van der Waals surface area contributed by atoms with Crippen molar-refractivity contribution in [2.24, 2.45) is 13.0 Å². The summed E-state index contributed by atoms with van der Waals surface area (Å²) < 4.78 is 7.53. The van der Waals surface area contributed by atoms with E-state index in [9.17, 15) is 4.79 Å². The molecule has 6 nitrogen and oxygen atoms in total. The second-order valence-corrected chi connectivity index (χ2v) is 7.65. The van der Waals surface area contributed by atoms with Crippen molar-refractivity contribution in [3.8, 4) is 0 Å². The molecule has 2 aliphatic heterocycles. The number of aromatic nitrogens is 2. The van der Waals surface area contributed by atoms with Gasteiger partial charge in [0.25, 0.3) is 0 Å². The van der Waals surface area contributed by atoms with Gasteiger partial charge >= 0.3 is 0 Å². The molecule has 4 rings (SSSR count). The molecule has 0 spiro atoms. The van der Waals surface area contributed by atoms with E-state index in [2.05, 4.69) is 19.4 Å². The maximum Gasteiger partial charge on any atom is 0.225 e. The highest BCUT2D eigenvalue weighted by atomic mass is 16.3. The number of hydrogen-bond donors (Lipinski definition) is 0. The molecule has 26 heavy (non-hydrogen) atoms. The second kappa shape index (κ2) is 7.66. The van der Waals surface area contributed by atoms with Gasteiger partial charge in [0.05, 0.1) is 12.8 Å². The molecule has 4 heterocycles. The molecule has 0 radical (unpaired) electrons. The van der Waals surface area contributed by atoms with E-state index >= 15 is 0 Å². The fourth-order valence-corrected chi connectivity index (χ4v) is 4.38. The number of furan rings is 1. The van der Waals surface area contributed by atoms with E-state index in [0.29, 0.717) is 11.8 Å². The first-order valence-electron chi connectivity index (χ1n) is 9.71. The van der Waals surface area contributed by atoms with Crippen molar-refractivity contribution in [2.75, 3.05) is 26.2 Å². The Bertz CT molecular complexity index is 716. The molecule has 0 N–H and O–H groups in total. The molecular weight excluding hydrogens is 328 g/mol. The number of carbonyl (C=O) groups excluding carboxylic acids is 1. The Morgan fingerprint density at radius 1 is 1.27 bits per heavy atom. The molecule has 2 saturated heterocycles. The number of likely N-dealkylation sites (tertiary alicyclic amines) is 2.